The van der Waals surface area contributed by atoms with E-state index in [0.29, 0.717) is 18.5 Å². The molecule has 3 rings (SSSR count). The predicted molar refractivity (Wildman–Crippen MR) is 110 cm³/mol. The zero-order valence-electron chi connectivity index (χ0n) is 18.1. The smallest absolute Gasteiger partial charge is 0.410 e. The predicted octanol–water partition coefficient (Wildman–Crippen LogP) is 3.21. The Morgan fingerprint density at radius 2 is 2.00 bits per heavy atom. The third-order valence-corrected chi connectivity index (χ3v) is 5.29. The van der Waals surface area contributed by atoms with Gasteiger partial charge in [-0.15, -0.1) is 0 Å². The summed E-state index contributed by atoms with van der Waals surface area (Å²) in [4.78, 5) is 30.8. The molecule has 1 saturated carbocycles. The molecule has 2 aliphatic rings. The highest BCUT2D eigenvalue weighted by Crippen LogP contribution is 2.27. The summed E-state index contributed by atoms with van der Waals surface area (Å²) in [6.45, 7) is 5.87. The standard InChI is InChI=1S/C21H31FN4O4/c1-21(2,3)30-20(28)26-10-6-9-16(26)18(27)23-12-13-11-15(22)17(25-19(13)29-4)24-14-7-5-8-14/h11,14,16H,5-10,12H2,1-4H3,(H,23,27)(H,24,25)/t16-/m0/s1. The van der Waals surface area contributed by atoms with Crippen molar-refractivity contribution in [2.24, 2.45) is 0 Å². The maximum atomic E-state index is 14.5. The number of amides is 2. The summed E-state index contributed by atoms with van der Waals surface area (Å²) >= 11 is 0. The number of likely N-dealkylation sites (tertiary alicyclic amines) is 1. The molecule has 1 atom stereocenters. The Morgan fingerprint density at radius 1 is 1.27 bits per heavy atom. The number of hydrogen-bond donors (Lipinski definition) is 2. The summed E-state index contributed by atoms with van der Waals surface area (Å²) in [6, 6.07) is 0.958. The number of hydrogen-bond acceptors (Lipinski definition) is 6. The zero-order valence-corrected chi connectivity index (χ0v) is 18.1. The van der Waals surface area contributed by atoms with Gasteiger partial charge in [0.2, 0.25) is 11.8 Å². The van der Waals surface area contributed by atoms with E-state index in [-0.39, 0.29) is 30.2 Å². The summed E-state index contributed by atoms with van der Waals surface area (Å²) < 4.78 is 25.2. The molecule has 2 fully saturated rings. The lowest BCUT2D eigenvalue weighted by molar-refractivity contribution is -0.125. The molecule has 0 spiro atoms. The minimum Gasteiger partial charge on any atom is -0.481 e. The van der Waals surface area contributed by atoms with E-state index in [0.717, 1.165) is 25.7 Å². The van der Waals surface area contributed by atoms with Crippen molar-refractivity contribution in [3.63, 3.8) is 0 Å². The molecule has 2 heterocycles. The SMILES string of the molecule is COc1nc(NC2CCC2)c(F)cc1CNC(=O)[C@@H]1CCCN1C(=O)OC(C)(C)C. The summed E-state index contributed by atoms with van der Waals surface area (Å²) in [7, 11) is 1.46. The number of nitrogens with zero attached hydrogens (tertiary/aromatic N) is 2. The molecule has 1 aromatic rings. The average molecular weight is 423 g/mol. The van der Waals surface area contributed by atoms with Gasteiger partial charge in [-0.2, -0.15) is 4.98 Å². The van der Waals surface area contributed by atoms with Crippen molar-refractivity contribution in [3.05, 3.63) is 17.4 Å². The second kappa shape index (κ2) is 9.06. The van der Waals surface area contributed by atoms with Gasteiger partial charge in [0.15, 0.2) is 11.6 Å². The molecule has 166 valence electrons. The number of carbonyl (C=O) groups excluding carboxylic acids is 2. The molecule has 1 aliphatic carbocycles. The van der Waals surface area contributed by atoms with Gasteiger partial charge in [-0.3, -0.25) is 9.69 Å². The lowest BCUT2D eigenvalue weighted by Crippen LogP contribution is -2.47. The molecular weight excluding hydrogens is 391 g/mol. The monoisotopic (exact) mass is 422 g/mol. The van der Waals surface area contributed by atoms with Gasteiger partial charge in [-0.05, 0) is 58.9 Å². The van der Waals surface area contributed by atoms with E-state index in [9.17, 15) is 14.0 Å². The van der Waals surface area contributed by atoms with E-state index in [1.54, 1.807) is 20.8 Å². The summed E-state index contributed by atoms with van der Waals surface area (Å²) in [5.74, 6) is -0.367. The van der Waals surface area contributed by atoms with E-state index in [4.69, 9.17) is 9.47 Å². The highest BCUT2D eigenvalue weighted by atomic mass is 19.1. The number of halogens is 1. The minimum atomic E-state index is -0.632. The highest BCUT2D eigenvalue weighted by Gasteiger charge is 2.36. The average Bonchev–Trinajstić information content (AvgIpc) is 3.12. The lowest BCUT2D eigenvalue weighted by atomic mass is 9.93. The molecule has 1 saturated heterocycles. The van der Waals surface area contributed by atoms with Crippen LogP contribution in [0.2, 0.25) is 0 Å². The number of methoxy groups -OCH3 is 1. The van der Waals surface area contributed by atoms with Crippen molar-refractivity contribution in [1.82, 2.24) is 15.2 Å². The highest BCUT2D eigenvalue weighted by molar-refractivity contribution is 5.86. The van der Waals surface area contributed by atoms with Gasteiger partial charge in [0.1, 0.15) is 11.6 Å². The normalized spacial score (nSPS) is 19.2. The van der Waals surface area contributed by atoms with Crippen molar-refractivity contribution >= 4 is 17.8 Å². The summed E-state index contributed by atoms with van der Waals surface area (Å²) in [6.07, 6.45) is 3.89. The van der Waals surface area contributed by atoms with Crippen molar-refractivity contribution in [3.8, 4) is 5.88 Å². The third kappa shape index (κ3) is 5.31. The quantitative estimate of drug-likeness (QED) is 0.731. The van der Waals surface area contributed by atoms with E-state index >= 15 is 0 Å². The number of anilines is 1. The van der Waals surface area contributed by atoms with Gasteiger partial charge in [-0.25, -0.2) is 9.18 Å². The van der Waals surface area contributed by atoms with Crippen LogP contribution in [0.5, 0.6) is 5.88 Å². The van der Waals surface area contributed by atoms with Gasteiger partial charge in [0.05, 0.1) is 7.11 Å². The van der Waals surface area contributed by atoms with Gasteiger partial charge in [0.25, 0.3) is 0 Å². The first-order valence-electron chi connectivity index (χ1n) is 10.4. The van der Waals surface area contributed by atoms with Crippen LogP contribution in [0.15, 0.2) is 6.07 Å². The van der Waals surface area contributed by atoms with Gasteiger partial charge in [-0.1, -0.05) is 0 Å². The zero-order chi connectivity index (χ0) is 21.9. The number of pyridine rings is 1. The van der Waals surface area contributed by atoms with E-state index in [2.05, 4.69) is 15.6 Å². The maximum Gasteiger partial charge on any atom is 0.410 e. The molecule has 2 amide bonds. The molecule has 1 aromatic heterocycles. The molecule has 0 unspecified atom stereocenters. The molecule has 9 heteroatoms. The number of carbonyl (C=O) groups is 2. The maximum absolute atomic E-state index is 14.5. The molecule has 8 nitrogen and oxygen atoms in total. The number of aromatic nitrogens is 1. The van der Waals surface area contributed by atoms with E-state index < -0.39 is 23.6 Å². The fraction of sp³-hybridized carbons (Fsp3) is 0.667. The van der Waals surface area contributed by atoms with Crippen LogP contribution in [-0.2, 0) is 16.1 Å². The fourth-order valence-electron chi connectivity index (χ4n) is 3.54. The largest absolute Gasteiger partial charge is 0.481 e. The van der Waals surface area contributed by atoms with Crippen molar-refractivity contribution in [2.45, 2.75) is 77.1 Å². The summed E-state index contributed by atoms with van der Waals surface area (Å²) in [5, 5.41) is 5.86. The van der Waals surface area contributed by atoms with Crippen molar-refractivity contribution in [1.29, 1.82) is 0 Å². The van der Waals surface area contributed by atoms with Crippen LogP contribution in [-0.4, -0.2) is 53.2 Å². The van der Waals surface area contributed by atoms with Crippen LogP contribution < -0.4 is 15.4 Å². The van der Waals surface area contributed by atoms with Crippen LogP contribution in [0.3, 0.4) is 0 Å². The first-order chi connectivity index (χ1) is 14.2. The van der Waals surface area contributed by atoms with Crippen molar-refractivity contribution in [2.75, 3.05) is 19.0 Å². The van der Waals surface area contributed by atoms with Crippen molar-refractivity contribution < 1.29 is 23.5 Å². The molecule has 0 aromatic carbocycles. The molecule has 0 bridgehead atoms. The fourth-order valence-corrected chi connectivity index (χ4v) is 3.54. The van der Waals surface area contributed by atoms with Crippen LogP contribution in [0.25, 0.3) is 0 Å². The topological polar surface area (TPSA) is 92.8 Å². The van der Waals surface area contributed by atoms with Gasteiger partial charge in [0, 0.05) is 24.7 Å². The third-order valence-electron chi connectivity index (χ3n) is 5.29. The number of ether oxygens (including phenoxy) is 2. The molecule has 0 radical (unpaired) electrons. The minimum absolute atomic E-state index is 0.0499. The van der Waals surface area contributed by atoms with Crippen LogP contribution in [0, 0.1) is 5.82 Å². The van der Waals surface area contributed by atoms with Gasteiger partial charge < -0.3 is 20.1 Å². The Bertz CT molecular complexity index is 792. The van der Waals surface area contributed by atoms with Crippen LogP contribution >= 0.6 is 0 Å². The first-order valence-corrected chi connectivity index (χ1v) is 10.4. The van der Waals surface area contributed by atoms with Crippen LogP contribution in [0.4, 0.5) is 15.0 Å². The summed E-state index contributed by atoms with van der Waals surface area (Å²) in [5.41, 5.74) is -0.198. The molecule has 1 aliphatic heterocycles. The Balaban J connectivity index is 1.63. The first kappa shape index (κ1) is 22.1. The van der Waals surface area contributed by atoms with E-state index in [1.165, 1.54) is 18.1 Å². The molecule has 2 N–H and O–H groups in total. The second-order valence-corrected chi connectivity index (χ2v) is 8.81. The van der Waals surface area contributed by atoms with Crippen LogP contribution in [0.1, 0.15) is 58.4 Å². The molecular formula is C21H31FN4O4. The Morgan fingerprint density at radius 3 is 2.60 bits per heavy atom. The Labute approximate surface area is 176 Å². The lowest BCUT2D eigenvalue weighted by Gasteiger charge is -2.28. The second-order valence-electron chi connectivity index (χ2n) is 8.81. The van der Waals surface area contributed by atoms with Gasteiger partial charge >= 0.3 is 6.09 Å². The number of rotatable bonds is 6. The Kier molecular flexibility index (Phi) is 6.67. The molecule has 30 heavy (non-hydrogen) atoms. The van der Waals surface area contributed by atoms with E-state index in [1.807, 2.05) is 0 Å². The number of nitrogens with one attached hydrogen (secondary N) is 2. The Hall–Kier alpha value is -2.58.